The van der Waals surface area contributed by atoms with Crippen LogP contribution in [0.1, 0.15) is 17.5 Å². The van der Waals surface area contributed by atoms with Gasteiger partial charge in [-0.25, -0.2) is 26.3 Å². The number of ether oxygens (including phenoxy) is 2. The summed E-state index contributed by atoms with van der Waals surface area (Å²) in [5.74, 6) is -10.8. The highest BCUT2D eigenvalue weighted by Crippen LogP contribution is 2.39. The molecule has 0 fully saturated rings. The van der Waals surface area contributed by atoms with Crippen molar-refractivity contribution in [1.82, 2.24) is 0 Å². The average molecular weight is 612 g/mol. The third-order valence-corrected chi connectivity index (χ3v) is 6.08. The lowest BCUT2D eigenvalue weighted by molar-refractivity contribution is -0.189. The first kappa shape index (κ1) is 31.2. The second kappa shape index (κ2) is 12.6. The molecule has 0 aliphatic rings. The van der Waals surface area contributed by atoms with E-state index in [0.29, 0.717) is 48.7 Å². The summed E-state index contributed by atoms with van der Waals surface area (Å²) in [7, 11) is 0. The van der Waals surface area contributed by atoms with Gasteiger partial charge in [0.1, 0.15) is 34.6 Å². The number of benzene rings is 4. The van der Waals surface area contributed by atoms with E-state index in [9.17, 15) is 43.9 Å². The van der Waals surface area contributed by atoms with Crippen LogP contribution in [0.2, 0.25) is 0 Å². The number of hydrogen-bond donors (Lipinski definition) is 0. The molecule has 2 nitrogen and oxygen atoms in total. The van der Waals surface area contributed by atoms with Crippen LogP contribution in [0.25, 0.3) is 22.3 Å². The van der Waals surface area contributed by atoms with Crippen LogP contribution in [0.15, 0.2) is 85.7 Å². The van der Waals surface area contributed by atoms with Crippen molar-refractivity contribution < 1.29 is 53.4 Å². The fourth-order valence-electron chi connectivity index (χ4n) is 4.15. The molecular formula is C31H18F10O2. The van der Waals surface area contributed by atoms with E-state index in [4.69, 9.17) is 0 Å². The summed E-state index contributed by atoms with van der Waals surface area (Å²) >= 11 is 0. The Balaban J connectivity index is 1.59. The molecule has 0 saturated heterocycles. The van der Waals surface area contributed by atoms with E-state index >= 15 is 0 Å². The van der Waals surface area contributed by atoms with Crippen LogP contribution >= 0.6 is 0 Å². The first-order chi connectivity index (χ1) is 20.3. The normalized spacial score (nSPS) is 11.3. The van der Waals surface area contributed by atoms with Crippen molar-refractivity contribution in [2.75, 3.05) is 0 Å². The molecule has 0 saturated carbocycles. The number of aryl methyl sites for hydroxylation is 1. The number of halogens is 10. The molecule has 43 heavy (non-hydrogen) atoms. The minimum absolute atomic E-state index is 0.214. The molecule has 12 heteroatoms. The number of alkyl halides is 2. The summed E-state index contributed by atoms with van der Waals surface area (Å²) in [4.78, 5) is 0. The van der Waals surface area contributed by atoms with Crippen LogP contribution in [0.5, 0.6) is 11.5 Å². The number of allylic oxidation sites excluding steroid dienone is 1. The van der Waals surface area contributed by atoms with Gasteiger partial charge in [0.15, 0.2) is 23.6 Å². The number of rotatable bonds is 10. The van der Waals surface area contributed by atoms with Gasteiger partial charge in [-0.15, -0.1) is 6.58 Å². The molecule has 0 atom stereocenters. The van der Waals surface area contributed by atoms with Gasteiger partial charge in [-0.1, -0.05) is 18.2 Å². The van der Waals surface area contributed by atoms with Gasteiger partial charge in [0.25, 0.3) is 0 Å². The predicted molar refractivity (Wildman–Crippen MR) is 137 cm³/mol. The van der Waals surface area contributed by atoms with Gasteiger partial charge in [0.2, 0.25) is 0 Å². The van der Waals surface area contributed by atoms with Crippen LogP contribution in [0, 0.1) is 34.9 Å². The fourth-order valence-corrected chi connectivity index (χ4v) is 4.15. The minimum atomic E-state index is -4.69. The zero-order chi connectivity index (χ0) is 31.5. The molecule has 0 aliphatic heterocycles. The third-order valence-electron chi connectivity index (χ3n) is 6.08. The van der Waals surface area contributed by atoms with Gasteiger partial charge in [-0.05, 0) is 72.0 Å². The molecule has 0 aliphatic carbocycles. The van der Waals surface area contributed by atoms with Crippen LogP contribution in [-0.4, -0.2) is 0 Å². The largest absolute Gasteiger partial charge is 0.453 e. The van der Waals surface area contributed by atoms with Crippen LogP contribution in [0.4, 0.5) is 43.9 Å². The predicted octanol–water partition coefficient (Wildman–Crippen LogP) is 10.2. The Bertz CT molecular complexity index is 1670. The van der Waals surface area contributed by atoms with Gasteiger partial charge in [-0.2, -0.15) is 17.6 Å². The summed E-state index contributed by atoms with van der Waals surface area (Å²) in [6.45, 7) is 3.56. The zero-order valence-electron chi connectivity index (χ0n) is 21.6. The topological polar surface area (TPSA) is 18.5 Å². The SMILES string of the molecule is C=CCCc1ccc(-c2cc(F)c(C(F)(F)Oc3ccc(-c4cc(F)c(OC=C(F)F)c(F)c4)c(F)c3)c(F)c2)c(F)c1. The van der Waals surface area contributed by atoms with Crippen molar-refractivity contribution in [1.29, 1.82) is 0 Å². The van der Waals surface area contributed by atoms with Gasteiger partial charge in [0.05, 0.1) is 0 Å². The molecule has 0 N–H and O–H groups in total. The van der Waals surface area contributed by atoms with E-state index < -0.39 is 75.3 Å². The van der Waals surface area contributed by atoms with Crippen molar-refractivity contribution in [3.63, 3.8) is 0 Å². The zero-order valence-corrected chi connectivity index (χ0v) is 21.6. The van der Waals surface area contributed by atoms with E-state index in [2.05, 4.69) is 16.1 Å². The molecule has 0 amide bonds. The van der Waals surface area contributed by atoms with Crippen LogP contribution < -0.4 is 9.47 Å². The molecule has 0 aromatic heterocycles. The average Bonchev–Trinajstić information content (AvgIpc) is 2.90. The van der Waals surface area contributed by atoms with Crippen molar-refractivity contribution in [2.24, 2.45) is 0 Å². The quantitative estimate of drug-likeness (QED) is 0.101. The van der Waals surface area contributed by atoms with E-state index in [-0.39, 0.29) is 17.4 Å². The second-order valence-electron chi connectivity index (χ2n) is 9.01. The van der Waals surface area contributed by atoms with E-state index in [1.165, 1.54) is 12.1 Å². The number of hydrogen-bond acceptors (Lipinski definition) is 2. The first-order valence-electron chi connectivity index (χ1n) is 12.2. The monoisotopic (exact) mass is 612 g/mol. The molecule has 4 aromatic carbocycles. The summed E-state index contributed by atoms with van der Waals surface area (Å²) < 4.78 is 150. The molecule has 0 heterocycles. The Morgan fingerprint density at radius 2 is 1.23 bits per heavy atom. The highest BCUT2D eigenvalue weighted by atomic mass is 19.3. The van der Waals surface area contributed by atoms with Crippen molar-refractivity contribution >= 4 is 0 Å². The highest BCUT2D eigenvalue weighted by Gasteiger charge is 2.41. The molecule has 0 bridgehead atoms. The molecule has 224 valence electrons. The molecule has 0 spiro atoms. The second-order valence-corrected chi connectivity index (χ2v) is 9.01. The Labute approximate surface area is 238 Å². The molecule has 0 unspecified atom stereocenters. The summed E-state index contributed by atoms with van der Waals surface area (Å²) in [6.07, 6.45) is -4.64. The van der Waals surface area contributed by atoms with Gasteiger partial charge < -0.3 is 9.47 Å². The van der Waals surface area contributed by atoms with Crippen LogP contribution in [-0.2, 0) is 12.5 Å². The van der Waals surface area contributed by atoms with E-state index in [1.807, 2.05) is 0 Å². The lowest BCUT2D eigenvalue weighted by Gasteiger charge is -2.20. The lowest BCUT2D eigenvalue weighted by Crippen LogP contribution is -2.25. The molecular weight excluding hydrogens is 594 g/mol. The maximum absolute atomic E-state index is 14.9. The maximum atomic E-state index is 14.9. The minimum Gasteiger partial charge on any atom is -0.453 e. The van der Waals surface area contributed by atoms with E-state index in [1.54, 1.807) is 6.08 Å². The van der Waals surface area contributed by atoms with Crippen LogP contribution in [0.3, 0.4) is 0 Å². The standard InChI is InChI=1S/C31H18F10O2/c1-2-3-4-16-5-7-20(22(32)9-16)17-10-24(34)29(25(35)11-17)31(40,41)43-19-6-8-21(23(33)14-19)18-12-26(36)30(27(37)13-18)42-15-28(38)39/h2,5-15H,1,3-4H2. The Hall–Kier alpha value is -4.74. The third kappa shape index (κ3) is 7.02. The van der Waals surface area contributed by atoms with Crippen molar-refractivity contribution in [3.05, 3.63) is 132 Å². The Morgan fingerprint density at radius 3 is 1.74 bits per heavy atom. The Morgan fingerprint density at radius 1 is 0.698 bits per heavy atom. The van der Waals surface area contributed by atoms with Gasteiger partial charge in [-0.3, -0.25) is 0 Å². The lowest BCUT2D eigenvalue weighted by atomic mass is 9.99. The smallest absolute Gasteiger partial charge is 0.432 e. The molecule has 4 aromatic rings. The fraction of sp³-hybridized carbons (Fsp3) is 0.0968. The summed E-state index contributed by atoms with van der Waals surface area (Å²) in [6, 6.07) is 7.88. The summed E-state index contributed by atoms with van der Waals surface area (Å²) in [5.41, 5.74) is -2.84. The molecule has 4 rings (SSSR count). The van der Waals surface area contributed by atoms with E-state index in [0.717, 1.165) is 18.2 Å². The summed E-state index contributed by atoms with van der Waals surface area (Å²) in [5, 5.41) is 0. The van der Waals surface area contributed by atoms with Crippen molar-refractivity contribution in [2.45, 2.75) is 19.0 Å². The van der Waals surface area contributed by atoms with Crippen molar-refractivity contribution in [3.8, 4) is 33.8 Å². The highest BCUT2D eigenvalue weighted by molar-refractivity contribution is 5.67. The maximum Gasteiger partial charge on any atom is 0.432 e. The first-order valence-corrected chi connectivity index (χ1v) is 12.2. The van der Waals surface area contributed by atoms with Gasteiger partial charge in [0, 0.05) is 17.2 Å². The van der Waals surface area contributed by atoms with Gasteiger partial charge >= 0.3 is 12.2 Å². The Kier molecular flexibility index (Phi) is 9.17. The molecule has 0 radical (unpaired) electrons.